The molecule has 0 radical (unpaired) electrons. The molecule has 28 heavy (non-hydrogen) atoms. The number of hydrogen-bond donors (Lipinski definition) is 0. The fourth-order valence-corrected chi connectivity index (χ4v) is 5.17. The van der Waals surface area contributed by atoms with Gasteiger partial charge in [-0.2, -0.15) is 9.29 Å². The Morgan fingerprint density at radius 2 is 1.86 bits per heavy atom. The maximum Gasteiger partial charge on any atom is 0.245 e. The average Bonchev–Trinajstić information content (AvgIpc) is 3.38. The highest BCUT2D eigenvalue weighted by molar-refractivity contribution is 7.89. The van der Waals surface area contributed by atoms with Gasteiger partial charge in [-0.25, -0.2) is 8.42 Å². The molecule has 0 aliphatic carbocycles. The van der Waals surface area contributed by atoms with E-state index in [1.54, 1.807) is 36.4 Å². The SMILES string of the molecule is CCc1ccc(S(=O)(=O)N2CCC[C@@H]2c2nc(-c3ccc(Cl)cc3)no2)cc1. The number of nitrogens with zero attached hydrogens (tertiary/aromatic N) is 3. The van der Waals surface area contributed by atoms with E-state index in [1.807, 2.05) is 19.1 Å². The van der Waals surface area contributed by atoms with Crippen LogP contribution in [0, 0.1) is 0 Å². The summed E-state index contributed by atoms with van der Waals surface area (Å²) in [7, 11) is -3.63. The van der Waals surface area contributed by atoms with E-state index >= 15 is 0 Å². The predicted octanol–water partition coefficient (Wildman–Crippen LogP) is 4.48. The highest BCUT2D eigenvalue weighted by Crippen LogP contribution is 2.36. The summed E-state index contributed by atoms with van der Waals surface area (Å²) in [5, 5.41) is 4.64. The number of hydrogen-bond acceptors (Lipinski definition) is 5. The summed E-state index contributed by atoms with van der Waals surface area (Å²) in [5.41, 5.74) is 1.86. The quantitative estimate of drug-likeness (QED) is 0.611. The van der Waals surface area contributed by atoms with Gasteiger partial charge in [0.25, 0.3) is 0 Å². The summed E-state index contributed by atoms with van der Waals surface area (Å²) in [6, 6.07) is 13.7. The van der Waals surface area contributed by atoms with E-state index in [0.29, 0.717) is 29.7 Å². The number of benzene rings is 2. The fourth-order valence-electron chi connectivity index (χ4n) is 3.39. The maximum atomic E-state index is 13.2. The molecule has 6 nitrogen and oxygen atoms in total. The van der Waals surface area contributed by atoms with Crippen molar-refractivity contribution in [2.24, 2.45) is 0 Å². The molecule has 1 fully saturated rings. The van der Waals surface area contributed by atoms with Crippen molar-refractivity contribution in [3.63, 3.8) is 0 Å². The molecule has 2 heterocycles. The van der Waals surface area contributed by atoms with E-state index in [0.717, 1.165) is 24.0 Å². The molecule has 0 saturated carbocycles. The monoisotopic (exact) mass is 417 g/mol. The van der Waals surface area contributed by atoms with Crippen molar-refractivity contribution in [1.29, 1.82) is 0 Å². The summed E-state index contributed by atoms with van der Waals surface area (Å²) in [6.45, 7) is 2.47. The molecule has 1 aromatic heterocycles. The highest BCUT2D eigenvalue weighted by atomic mass is 35.5. The van der Waals surface area contributed by atoms with Crippen molar-refractivity contribution in [2.75, 3.05) is 6.54 Å². The Kier molecular flexibility index (Phi) is 5.23. The summed E-state index contributed by atoms with van der Waals surface area (Å²) in [5.74, 6) is 0.736. The molecule has 2 aromatic carbocycles. The molecule has 0 spiro atoms. The molecular formula is C20H20ClN3O3S. The van der Waals surface area contributed by atoms with Crippen LogP contribution in [0.25, 0.3) is 11.4 Å². The van der Waals surface area contributed by atoms with Gasteiger partial charge in [-0.3, -0.25) is 0 Å². The van der Waals surface area contributed by atoms with Crippen molar-refractivity contribution >= 4 is 21.6 Å². The van der Waals surface area contributed by atoms with E-state index in [9.17, 15) is 8.42 Å². The van der Waals surface area contributed by atoms with Gasteiger partial charge in [0, 0.05) is 17.1 Å². The lowest BCUT2D eigenvalue weighted by atomic mass is 10.2. The molecule has 146 valence electrons. The van der Waals surface area contributed by atoms with Crippen LogP contribution in [0.15, 0.2) is 57.9 Å². The van der Waals surface area contributed by atoms with Gasteiger partial charge >= 0.3 is 0 Å². The van der Waals surface area contributed by atoms with E-state index in [4.69, 9.17) is 16.1 Å². The topological polar surface area (TPSA) is 76.3 Å². The van der Waals surface area contributed by atoms with Crippen LogP contribution in [-0.2, 0) is 16.4 Å². The van der Waals surface area contributed by atoms with Crippen LogP contribution in [0.5, 0.6) is 0 Å². The minimum absolute atomic E-state index is 0.286. The number of halogens is 1. The zero-order valence-corrected chi connectivity index (χ0v) is 16.9. The summed E-state index contributed by atoms with van der Waals surface area (Å²) in [4.78, 5) is 4.74. The Bertz CT molecular complexity index is 1060. The molecule has 1 aliphatic heterocycles. The molecule has 0 N–H and O–H groups in total. The third-order valence-corrected chi connectivity index (χ3v) is 7.15. The molecule has 0 amide bonds. The number of aromatic nitrogens is 2. The molecule has 0 unspecified atom stereocenters. The lowest BCUT2D eigenvalue weighted by Crippen LogP contribution is -2.30. The molecule has 4 rings (SSSR count). The highest BCUT2D eigenvalue weighted by Gasteiger charge is 2.39. The van der Waals surface area contributed by atoms with E-state index < -0.39 is 16.1 Å². The second kappa shape index (κ2) is 7.66. The molecular weight excluding hydrogens is 398 g/mol. The van der Waals surface area contributed by atoms with Crippen molar-refractivity contribution in [2.45, 2.75) is 37.1 Å². The van der Waals surface area contributed by atoms with Gasteiger partial charge in [0.2, 0.25) is 21.7 Å². The lowest BCUT2D eigenvalue weighted by molar-refractivity contribution is 0.290. The second-order valence-electron chi connectivity index (χ2n) is 6.73. The average molecular weight is 418 g/mol. The Morgan fingerprint density at radius 1 is 1.14 bits per heavy atom. The van der Waals surface area contributed by atoms with Crippen LogP contribution in [0.1, 0.15) is 37.3 Å². The fraction of sp³-hybridized carbons (Fsp3) is 0.300. The molecule has 1 atom stereocenters. The molecule has 8 heteroatoms. The van der Waals surface area contributed by atoms with Crippen LogP contribution in [0.3, 0.4) is 0 Å². The van der Waals surface area contributed by atoms with Crippen molar-refractivity contribution in [3.05, 3.63) is 65.0 Å². The van der Waals surface area contributed by atoms with E-state index in [2.05, 4.69) is 10.1 Å². The van der Waals surface area contributed by atoms with Gasteiger partial charge < -0.3 is 4.52 Å². The van der Waals surface area contributed by atoms with Crippen LogP contribution >= 0.6 is 11.6 Å². The summed E-state index contributed by atoms with van der Waals surface area (Å²) >= 11 is 5.92. The van der Waals surface area contributed by atoms with Gasteiger partial charge in [0.05, 0.1) is 4.90 Å². The van der Waals surface area contributed by atoms with Crippen molar-refractivity contribution < 1.29 is 12.9 Å². The van der Waals surface area contributed by atoms with Crippen LogP contribution in [0.4, 0.5) is 0 Å². The predicted molar refractivity (Wildman–Crippen MR) is 106 cm³/mol. The third-order valence-electron chi connectivity index (χ3n) is 4.97. The first-order valence-electron chi connectivity index (χ1n) is 9.19. The van der Waals surface area contributed by atoms with Gasteiger partial charge in [-0.15, -0.1) is 0 Å². The van der Waals surface area contributed by atoms with Crippen LogP contribution < -0.4 is 0 Å². The van der Waals surface area contributed by atoms with Crippen molar-refractivity contribution in [1.82, 2.24) is 14.4 Å². The zero-order chi connectivity index (χ0) is 19.7. The van der Waals surface area contributed by atoms with E-state index in [1.165, 1.54) is 4.31 Å². The third kappa shape index (κ3) is 3.57. The molecule has 1 aliphatic rings. The number of sulfonamides is 1. The summed E-state index contributed by atoms with van der Waals surface area (Å²) < 4.78 is 33.2. The molecule has 3 aromatic rings. The first kappa shape index (κ1) is 19.1. The minimum Gasteiger partial charge on any atom is -0.337 e. The second-order valence-corrected chi connectivity index (χ2v) is 9.06. The lowest BCUT2D eigenvalue weighted by Gasteiger charge is -2.21. The maximum absolute atomic E-state index is 13.2. The summed E-state index contributed by atoms with van der Waals surface area (Å²) in [6.07, 6.45) is 2.26. The van der Waals surface area contributed by atoms with Crippen LogP contribution in [-0.4, -0.2) is 29.4 Å². The van der Waals surface area contributed by atoms with Gasteiger partial charge in [0.1, 0.15) is 6.04 Å². The first-order valence-corrected chi connectivity index (χ1v) is 11.0. The number of rotatable bonds is 5. The van der Waals surface area contributed by atoms with Gasteiger partial charge in [-0.05, 0) is 61.2 Å². The Labute approximate surface area is 169 Å². The smallest absolute Gasteiger partial charge is 0.245 e. The van der Waals surface area contributed by atoms with Gasteiger partial charge in [-0.1, -0.05) is 35.8 Å². The Hall–Kier alpha value is -2.22. The molecule has 0 bridgehead atoms. The Balaban J connectivity index is 1.62. The normalized spacial score (nSPS) is 17.9. The minimum atomic E-state index is -3.63. The largest absolute Gasteiger partial charge is 0.337 e. The number of aryl methyl sites for hydroxylation is 1. The van der Waals surface area contributed by atoms with Crippen molar-refractivity contribution in [3.8, 4) is 11.4 Å². The van der Waals surface area contributed by atoms with Gasteiger partial charge in [0.15, 0.2) is 0 Å². The standard InChI is InChI=1S/C20H20ClN3O3S/c1-2-14-5-11-17(12-6-14)28(25,26)24-13-3-4-18(24)20-22-19(23-27-20)15-7-9-16(21)10-8-15/h5-12,18H,2-4,13H2,1H3/t18-/m1/s1. The molecule has 1 saturated heterocycles. The van der Waals surface area contributed by atoms with Crippen LogP contribution in [0.2, 0.25) is 5.02 Å². The Morgan fingerprint density at radius 3 is 2.54 bits per heavy atom. The zero-order valence-electron chi connectivity index (χ0n) is 15.4. The van der Waals surface area contributed by atoms with E-state index in [-0.39, 0.29) is 4.90 Å². The first-order chi connectivity index (χ1) is 13.5.